The van der Waals surface area contributed by atoms with Gasteiger partial charge in [0, 0.05) is 11.1 Å². The highest BCUT2D eigenvalue weighted by Gasteiger charge is 2.21. The van der Waals surface area contributed by atoms with E-state index in [-0.39, 0.29) is 11.1 Å². The Balaban J connectivity index is 2.94. The Hall–Kier alpha value is -1.96. The summed E-state index contributed by atoms with van der Waals surface area (Å²) >= 11 is 0. The van der Waals surface area contributed by atoms with Gasteiger partial charge < -0.3 is 0 Å². The summed E-state index contributed by atoms with van der Waals surface area (Å²) in [5.41, 5.74) is 2.89. The van der Waals surface area contributed by atoms with Crippen molar-refractivity contribution in [3.63, 3.8) is 0 Å². The van der Waals surface area contributed by atoms with Crippen LogP contribution in [0.5, 0.6) is 0 Å². The Kier molecular flexibility index (Phi) is 5.87. The Bertz CT molecular complexity index is 709. The maximum atomic E-state index is 13.3. The lowest BCUT2D eigenvalue weighted by Crippen LogP contribution is -2.39. The molecule has 0 saturated carbocycles. The van der Waals surface area contributed by atoms with Crippen LogP contribution in [-0.2, 0) is 14.8 Å². The maximum Gasteiger partial charge on any atom is 0.260 e. The van der Waals surface area contributed by atoms with Crippen molar-refractivity contribution in [2.24, 2.45) is 10.5 Å². The third-order valence-electron chi connectivity index (χ3n) is 3.22. The highest BCUT2D eigenvalue weighted by atomic mass is 32.2. The molecule has 0 fully saturated rings. The summed E-state index contributed by atoms with van der Waals surface area (Å²) in [6.45, 7) is 7.10. The molecule has 23 heavy (non-hydrogen) atoms. The van der Waals surface area contributed by atoms with Gasteiger partial charge in [-0.25, -0.2) is 18.2 Å². The molecule has 1 rings (SSSR count). The lowest BCUT2D eigenvalue weighted by Gasteiger charge is -2.22. The smallest absolute Gasteiger partial charge is 0.260 e. The highest BCUT2D eigenvalue weighted by molar-refractivity contribution is 7.92. The van der Waals surface area contributed by atoms with Crippen molar-refractivity contribution >= 4 is 27.3 Å². The minimum absolute atomic E-state index is 0.0826. The second-order valence-electron chi connectivity index (χ2n) is 6.23. The van der Waals surface area contributed by atoms with Gasteiger partial charge in [-0.2, -0.15) is 5.10 Å². The molecule has 6 nitrogen and oxygen atoms in total. The number of hydrazone groups is 1. The van der Waals surface area contributed by atoms with Crippen molar-refractivity contribution in [3.8, 4) is 0 Å². The predicted octanol–water partition coefficient (Wildman–Crippen LogP) is 2.13. The summed E-state index contributed by atoms with van der Waals surface area (Å²) in [7, 11) is -3.74. The molecule has 0 spiro atoms. The Morgan fingerprint density at radius 3 is 2.43 bits per heavy atom. The fourth-order valence-electron chi connectivity index (χ4n) is 1.51. The average Bonchev–Trinajstić information content (AvgIpc) is 2.39. The third kappa shape index (κ3) is 5.97. The quantitative estimate of drug-likeness (QED) is 0.657. The van der Waals surface area contributed by atoms with Crippen LogP contribution in [0.4, 0.5) is 10.1 Å². The number of carbonyl (C=O) groups excluding carboxylic acids is 1. The van der Waals surface area contributed by atoms with Gasteiger partial charge in [0.2, 0.25) is 10.0 Å². The van der Waals surface area contributed by atoms with Crippen LogP contribution in [-0.4, -0.2) is 32.8 Å². The van der Waals surface area contributed by atoms with Crippen LogP contribution in [0, 0.1) is 11.2 Å². The average molecular weight is 343 g/mol. The van der Waals surface area contributed by atoms with Gasteiger partial charge >= 0.3 is 0 Å². The third-order valence-corrected chi connectivity index (χ3v) is 4.36. The van der Waals surface area contributed by atoms with Gasteiger partial charge in [0.1, 0.15) is 12.4 Å². The van der Waals surface area contributed by atoms with E-state index in [4.69, 9.17) is 0 Å². The Labute approximate surface area is 136 Å². The lowest BCUT2D eigenvalue weighted by atomic mass is 9.91. The van der Waals surface area contributed by atoms with Gasteiger partial charge in [-0.1, -0.05) is 26.8 Å². The summed E-state index contributed by atoms with van der Waals surface area (Å²) in [4.78, 5) is 12.0. The number of nitrogens with one attached hydrogen (secondary N) is 1. The number of sulfonamides is 1. The minimum Gasteiger partial charge on any atom is -0.271 e. The minimum atomic E-state index is -3.74. The van der Waals surface area contributed by atoms with E-state index in [1.54, 1.807) is 6.92 Å². The van der Waals surface area contributed by atoms with E-state index < -0.39 is 28.3 Å². The van der Waals surface area contributed by atoms with E-state index in [0.29, 0.717) is 5.71 Å². The van der Waals surface area contributed by atoms with Crippen LogP contribution >= 0.6 is 0 Å². The zero-order valence-corrected chi connectivity index (χ0v) is 14.7. The molecule has 0 bridgehead atoms. The van der Waals surface area contributed by atoms with Gasteiger partial charge in [-0.05, 0) is 25.1 Å². The van der Waals surface area contributed by atoms with Crippen LogP contribution in [0.25, 0.3) is 0 Å². The number of anilines is 1. The molecule has 0 heterocycles. The summed E-state index contributed by atoms with van der Waals surface area (Å²) < 4.78 is 37.8. The molecule has 0 atom stereocenters. The Morgan fingerprint density at radius 2 is 1.96 bits per heavy atom. The number of halogens is 1. The summed E-state index contributed by atoms with van der Waals surface area (Å²) in [5.74, 6) is -1.19. The molecular formula is C15H22FN3O3S. The van der Waals surface area contributed by atoms with Crippen molar-refractivity contribution < 1.29 is 17.6 Å². The van der Waals surface area contributed by atoms with Crippen molar-refractivity contribution in [3.05, 3.63) is 30.1 Å². The van der Waals surface area contributed by atoms with Crippen molar-refractivity contribution in [2.75, 3.05) is 17.1 Å². The molecular weight excluding hydrogens is 321 g/mol. The molecule has 0 saturated heterocycles. The number of benzene rings is 1. The van der Waals surface area contributed by atoms with Crippen molar-refractivity contribution in [2.45, 2.75) is 27.7 Å². The second kappa shape index (κ2) is 7.08. The first kappa shape index (κ1) is 19.1. The van der Waals surface area contributed by atoms with Gasteiger partial charge in [0.05, 0.1) is 11.9 Å². The fourth-order valence-corrected chi connectivity index (χ4v) is 2.36. The van der Waals surface area contributed by atoms with E-state index in [9.17, 15) is 17.6 Å². The van der Waals surface area contributed by atoms with Gasteiger partial charge in [-0.15, -0.1) is 0 Å². The molecule has 8 heteroatoms. The fraction of sp³-hybridized carbons (Fsp3) is 0.467. The maximum absolute atomic E-state index is 13.3. The van der Waals surface area contributed by atoms with Crippen molar-refractivity contribution in [1.82, 2.24) is 5.43 Å². The molecule has 0 radical (unpaired) electrons. The molecule has 1 amide bonds. The van der Waals surface area contributed by atoms with Crippen LogP contribution < -0.4 is 9.73 Å². The SMILES string of the molecule is C/C(=N/NC(=O)CN(c1cccc(F)c1)S(C)(=O)=O)C(C)(C)C. The van der Waals surface area contributed by atoms with Crippen LogP contribution in [0.15, 0.2) is 29.4 Å². The number of carbonyl (C=O) groups is 1. The first-order valence-corrected chi connectivity index (χ1v) is 8.83. The number of rotatable bonds is 5. The molecule has 0 aliphatic heterocycles. The van der Waals surface area contributed by atoms with Crippen LogP contribution in [0.2, 0.25) is 0 Å². The standard InChI is InChI=1S/C15H22FN3O3S/c1-11(15(2,3)4)17-18-14(20)10-19(23(5,21)22)13-8-6-7-12(16)9-13/h6-9H,10H2,1-5H3,(H,18,20)/b17-11-. The zero-order chi connectivity index (χ0) is 17.8. The zero-order valence-electron chi connectivity index (χ0n) is 13.9. The van der Waals surface area contributed by atoms with E-state index >= 15 is 0 Å². The normalized spacial score (nSPS) is 12.9. The van der Waals surface area contributed by atoms with Gasteiger partial charge in [0.15, 0.2) is 0 Å². The largest absolute Gasteiger partial charge is 0.271 e. The first-order valence-electron chi connectivity index (χ1n) is 6.98. The summed E-state index contributed by atoms with van der Waals surface area (Å²) in [5, 5.41) is 3.96. The molecule has 1 aromatic rings. The Morgan fingerprint density at radius 1 is 1.35 bits per heavy atom. The van der Waals surface area contributed by atoms with E-state index in [2.05, 4.69) is 10.5 Å². The monoisotopic (exact) mass is 343 g/mol. The first-order chi connectivity index (χ1) is 10.4. The molecule has 1 N–H and O–H groups in total. The molecule has 1 aromatic carbocycles. The number of hydrogen-bond donors (Lipinski definition) is 1. The highest BCUT2D eigenvalue weighted by Crippen LogP contribution is 2.18. The topological polar surface area (TPSA) is 78.8 Å². The summed E-state index contributed by atoms with van der Waals surface area (Å²) in [6, 6.07) is 5.04. The molecule has 0 aliphatic carbocycles. The van der Waals surface area contributed by atoms with E-state index in [1.807, 2.05) is 20.8 Å². The van der Waals surface area contributed by atoms with E-state index in [0.717, 1.165) is 16.6 Å². The van der Waals surface area contributed by atoms with Gasteiger partial charge in [0.25, 0.3) is 5.91 Å². The second-order valence-corrected chi connectivity index (χ2v) is 8.14. The lowest BCUT2D eigenvalue weighted by molar-refractivity contribution is -0.119. The number of hydrogen-bond acceptors (Lipinski definition) is 4. The summed E-state index contributed by atoms with van der Waals surface area (Å²) in [6.07, 6.45) is 0.953. The predicted molar refractivity (Wildman–Crippen MR) is 89.3 cm³/mol. The van der Waals surface area contributed by atoms with Crippen LogP contribution in [0.1, 0.15) is 27.7 Å². The number of amides is 1. The van der Waals surface area contributed by atoms with E-state index in [1.165, 1.54) is 18.2 Å². The molecule has 128 valence electrons. The molecule has 0 unspecified atom stereocenters. The molecule has 0 aromatic heterocycles. The van der Waals surface area contributed by atoms with Crippen LogP contribution in [0.3, 0.4) is 0 Å². The number of nitrogens with zero attached hydrogens (tertiary/aromatic N) is 2. The molecule has 0 aliphatic rings. The van der Waals surface area contributed by atoms with Crippen molar-refractivity contribution in [1.29, 1.82) is 0 Å². The van der Waals surface area contributed by atoms with Gasteiger partial charge in [-0.3, -0.25) is 9.10 Å².